The van der Waals surface area contributed by atoms with E-state index in [-0.39, 0.29) is 5.92 Å². The van der Waals surface area contributed by atoms with Gasteiger partial charge in [0.1, 0.15) is 5.00 Å². The van der Waals surface area contributed by atoms with Crippen molar-refractivity contribution in [3.63, 3.8) is 0 Å². The predicted octanol–water partition coefficient (Wildman–Crippen LogP) is 3.28. The number of hydrogen-bond acceptors (Lipinski definition) is 4. The van der Waals surface area contributed by atoms with Crippen LogP contribution in [0.25, 0.3) is 10.9 Å². The molecule has 17 heavy (non-hydrogen) atoms. The van der Waals surface area contributed by atoms with Crippen LogP contribution in [0.1, 0.15) is 13.8 Å². The maximum atomic E-state index is 8.90. The highest BCUT2D eigenvalue weighted by Gasteiger charge is 2.14. The third-order valence-electron chi connectivity index (χ3n) is 2.75. The average Bonchev–Trinajstić information content (AvgIpc) is 2.79. The van der Waals surface area contributed by atoms with E-state index in [0.717, 1.165) is 18.6 Å². The van der Waals surface area contributed by atoms with Crippen molar-refractivity contribution in [1.82, 2.24) is 4.37 Å². The number of hydrogen-bond donors (Lipinski definition) is 0. The molecule has 0 fully saturated rings. The summed E-state index contributed by atoms with van der Waals surface area (Å²) < 4.78 is 4.44. The molecule has 88 valence electrons. The zero-order valence-electron chi connectivity index (χ0n) is 10.1. The van der Waals surface area contributed by atoms with E-state index in [1.54, 1.807) is 0 Å². The molecular weight excluding hydrogens is 230 g/mol. The molecule has 1 atom stereocenters. The quantitative estimate of drug-likeness (QED) is 0.830. The van der Waals surface area contributed by atoms with Gasteiger partial charge in [-0.15, -0.1) is 0 Å². The lowest BCUT2D eigenvalue weighted by Crippen LogP contribution is -2.27. The molecule has 0 radical (unpaired) electrons. The topological polar surface area (TPSA) is 39.9 Å². The van der Waals surface area contributed by atoms with E-state index in [0.29, 0.717) is 0 Å². The van der Waals surface area contributed by atoms with Gasteiger partial charge in [0.25, 0.3) is 0 Å². The highest BCUT2D eigenvalue weighted by Crippen LogP contribution is 2.31. The highest BCUT2D eigenvalue weighted by molar-refractivity contribution is 7.11. The molecule has 0 amide bonds. The summed E-state index contributed by atoms with van der Waals surface area (Å²) in [6.45, 7) is 5.72. The molecule has 3 nitrogen and oxygen atoms in total. The smallest absolute Gasteiger partial charge is 0.119 e. The third kappa shape index (κ3) is 2.40. The Morgan fingerprint density at radius 1 is 1.47 bits per heavy atom. The number of aromatic nitrogens is 1. The van der Waals surface area contributed by atoms with Crippen LogP contribution in [0, 0.1) is 17.2 Å². The number of rotatable bonds is 4. The Labute approximate surface area is 105 Å². The van der Waals surface area contributed by atoms with Crippen LogP contribution >= 0.6 is 11.5 Å². The largest absolute Gasteiger partial charge is 0.361 e. The average molecular weight is 245 g/mol. The summed E-state index contributed by atoms with van der Waals surface area (Å²) in [4.78, 5) is 2.23. The lowest BCUT2D eigenvalue weighted by atomic mass is 10.2. The Kier molecular flexibility index (Phi) is 3.60. The Morgan fingerprint density at radius 2 is 2.24 bits per heavy atom. The van der Waals surface area contributed by atoms with Crippen molar-refractivity contribution in [3.8, 4) is 6.07 Å². The molecule has 0 aliphatic heterocycles. The monoisotopic (exact) mass is 245 g/mol. The minimum Gasteiger partial charge on any atom is -0.361 e. The molecule has 0 aliphatic rings. The molecule has 0 spiro atoms. The van der Waals surface area contributed by atoms with Crippen molar-refractivity contribution in [3.05, 3.63) is 24.3 Å². The minimum atomic E-state index is 0.0378. The molecule has 1 aromatic heterocycles. The molecule has 4 heteroatoms. The Morgan fingerprint density at radius 3 is 2.94 bits per heavy atom. The van der Waals surface area contributed by atoms with Crippen molar-refractivity contribution in [2.75, 3.05) is 18.0 Å². The zero-order valence-corrected chi connectivity index (χ0v) is 10.9. The first-order valence-corrected chi connectivity index (χ1v) is 6.52. The van der Waals surface area contributed by atoms with Crippen LogP contribution < -0.4 is 4.90 Å². The predicted molar refractivity (Wildman–Crippen MR) is 72.3 cm³/mol. The van der Waals surface area contributed by atoms with Gasteiger partial charge in [0, 0.05) is 18.5 Å². The van der Waals surface area contributed by atoms with Gasteiger partial charge in [0.2, 0.25) is 0 Å². The standard InChI is InChI=1S/C13H15N3S/c1-3-16(9-10(2)8-14)13-11-6-4-5-7-12(11)15-17-13/h4-7,10H,3,9H2,1-2H3. The van der Waals surface area contributed by atoms with E-state index in [4.69, 9.17) is 5.26 Å². The van der Waals surface area contributed by atoms with E-state index < -0.39 is 0 Å². The van der Waals surface area contributed by atoms with Gasteiger partial charge in [0.05, 0.1) is 17.5 Å². The van der Waals surface area contributed by atoms with Crippen molar-refractivity contribution >= 4 is 27.4 Å². The molecule has 1 aromatic carbocycles. The first-order valence-electron chi connectivity index (χ1n) is 5.75. The van der Waals surface area contributed by atoms with Crippen LogP contribution in [0.5, 0.6) is 0 Å². The second-order valence-electron chi connectivity index (χ2n) is 4.07. The minimum absolute atomic E-state index is 0.0378. The van der Waals surface area contributed by atoms with Gasteiger partial charge < -0.3 is 4.90 Å². The van der Waals surface area contributed by atoms with E-state index >= 15 is 0 Å². The molecule has 0 saturated carbocycles. The van der Waals surface area contributed by atoms with Gasteiger partial charge in [0.15, 0.2) is 0 Å². The summed E-state index contributed by atoms with van der Waals surface area (Å²) in [5, 5.41) is 11.3. The summed E-state index contributed by atoms with van der Waals surface area (Å²) in [6.07, 6.45) is 0. The van der Waals surface area contributed by atoms with Crippen molar-refractivity contribution < 1.29 is 0 Å². The van der Waals surface area contributed by atoms with Gasteiger partial charge in [-0.1, -0.05) is 12.1 Å². The van der Waals surface area contributed by atoms with Crippen LogP contribution in [-0.4, -0.2) is 17.5 Å². The maximum Gasteiger partial charge on any atom is 0.119 e. The van der Waals surface area contributed by atoms with E-state index in [1.165, 1.54) is 21.9 Å². The Bertz CT molecular complexity index is 541. The number of benzene rings is 1. The lowest BCUT2D eigenvalue weighted by Gasteiger charge is -2.22. The second kappa shape index (κ2) is 5.15. The van der Waals surface area contributed by atoms with Gasteiger partial charge in [-0.3, -0.25) is 0 Å². The van der Waals surface area contributed by atoms with E-state index in [9.17, 15) is 0 Å². The molecule has 0 aliphatic carbocycles. The van der Waals surface area contributed by atoms with Crippen LogP contribution in [-0.2, 0) is 0 Å². The summed E-state index contributed by atoms with van der Waals surface area (Å²) in [5.41, 5.74) is 1.04. The second-order valence-corrected chi connectivity index (χ2v) is 4.83. The molecular formula is C13H15N3S. The zero-order chi connectivity index (χ0) is 12.3. The van der Waals surface area contributed by atoms with Gasteiger partial charge in [-0.2, -0.15) is 9.64 Å². The fourth-order valence-corrected chi connectivity index (χ4v) is 2.76. The molecule has 1 unspecified atom stereocenters. The highest BCUT2D eigenvalue weighted by atomic mass is 32.1. The summed E-state index contributed by atoms with van der Waals surface area (Å²) in [5.74, 6) is 0.0378. The van der Waals surface area contributed by atoms with Crippen molar-refractivity contribution in [2.24, 2.45) is 5.92 Å². The fraction of sp³-hybridized carbons (Fsp3) is 0.385. The lowest BCUT2D eigenvalue weighted by molar-refractivity contribution is 0.691. The molecule has 0 N–H and O–H groups in total. The maximum absolute atomic E-state index is 8.90. The molecule has 2 aromatic rings. The number of fused-ring (bicyclic) bond motifs is 1. The van der Waals surface area contributed by atoms with E-state index in [1.807, 2.05) is 25.1 Å². The third-order valence-corrected chi connectivity index (χ3v) is 3.69. The molecule has 0 bridgehead atoms. The number of nitriles is 1. The van der Waals surface area contributed by atoms with Crippen molar-refractivity contribution in [2.45, 2.75) is 13.8 Å². The van der Waals surface area contributed by atoms with Crippen LogP contribution in [0.3, 0.4) is 0 Å². The van der Waals surface area contributed by atoms with Gasteiger partial charge >= 0.3 is 0 Å². The van der Waals surface area contributed by atoms with Gasteiger partial charge in [-0.05, 0) is 37.5 Å². The van der Waals surface area contributed by atoms with Crippen LogP contribution in [0.15, 0.2) is 24.3 Å². The number of anilines is 1. The van der Waals surface area contributed by atoms with Crippen LogP contribution in [0.2, 0.25) is 0 Å². The first-order chi connectivity index (χ1) is 8.26. The molecule has 2 rings (SSSR count). The molecule has 0 saturated heterocycles. The summed E-state index contributed by atoms with van der Waals surface area (Å²) in [7, 11) is 0. The van der Waals surface area contributed by atoms with Gasteiger partial charge in [-0.25, -0.2) is 0 Å². The molecule has 1 heterocycles. The SMILES string of the molecule is CCN(CC(C)C#N)c1snc2ccccc12. The van der Waals surface area contributed by atoms with Crippen LogP contribution in [0.4, 0.5) is 5.00 Å². The van der Waals surface area contributed by atoms with E-state index in [2.05, 4.69) is 28.3 Å². The fourth-order valence-electron chi connectivity index (χ4n) is 1.83. The normalized spacial score (nSPS) is 12.3. The summed E-state index contributed by atoms with van der Waals surface area (Å²) >= 11 is 1.51. The van der Waals surface area contributed by atoms with Crippen molar-refractivity contribution in [1.29, 1.82) is 5.26 Å². The Hall–Kier alpha value is -1.60. The summed E-state index contributed by atoms with van der Waals surface area (Å²) in [6, 6.07) is 10.4. The first kappa shape index (κ1) is 11.9. The number of nitrogens with zero attached hydrogens (tertiary/aromatic N) is 3. The Balaban J connectivity index is 2.34.